The van der Waals surface area contributed by atoms with E-state index in [1.807, 2.05) is 0 Å². The van der Waals surface area contributed by atoms with Crippen LogP contribution in [-0.2, 0) is 33.6 Å². The second-order valence-corrected chi connectivity index (χ2v) is 8.30. The van der Waals surface area contributed by atoms with Crippen LogP contribution >= 0.6 is 0 Å². The Morgan fingerprint density at radius 1 is 1.21 bits per heavy atom. The fourth-order valence-corrected chi connectivity index (χ4v) is 3.58. The first kappa shape index (κ1) is 22.8. The smallest absolute Gasteiger partial charge is 0.244 e. The normalized spacial score (nSPS) is 14.7. The van der Waals surface area contributed by atoms with Crippen molar-refractivity contribution in [2.24, 2.45) is 5.14 Å². The van der Waals surface area contributed by atoms with Crippen LogP contribution in [0.15, 0.2) is 47.8 Å². The molecule has 3 heterocycles. The van der Waals surface area contributed by atoms with Crippen molar-refractivity contribution in [2.45, 2.75) is 18.0 Å². The number of ether oxygens (including phenoxy) is 1. The number of rotatable bonds is 8. The predicted molar refractivity (Wildman–Crippen MR) is 119 cm³/mol. The molecule has 33 heavy (non-hydrogen) atoms. The molecule has 4 N–H and O–H groups in total. The molecule has 1 fully saturated rings. The molecular weight excluding hydrogens is 451 g/mol. The fraction of sp³-hybridized carbons (Fsp3) is 0.300. The van der Waals surface area contributed by atoms with E-state index in [0.29, 0.717) is 43.4 Å². The maximum absolute atomic E-state index is 14.2. The first-order valence-corrected chi connectivity index (χ1v) is 11.4. The van der Waals surface area contributed by atoms with E-state index >= 15 is 0 Å². The number of hydrogen-bond donors (Lipinski definition) is 3. The standard InChI is InChI=1S/C20H23FN8O3S/c21-17-11-24-20(27-19(17)23-9-14-1-3-16(4-2-14)33(22)31)26-15-10-25-29(12-15)13-18(30)28-5-7-32-8-6-28/h1-4,10-12H,5-9,13,22H2,(H2,23,24,26,27). The Hall–Kier alpha value is -3.42. The molecule has 3 aromatic rings. The lowest BCUT2D eigenvalue weighted by Gasteiger charge is -2.26. The van der Waals surface area contributed by atoms with E-state index in [9.17, 15) is 13.4 Å². The van der Waals surface area contributed by atoms with Crippen molar-refractivity contribution in [1.29, 1.82) is 0 Å². The third kappa shape index (κ3) is 6.09. The Labute approximate surface area is 191 Å². The van der Waals surface area contributed by atoms with Gasteiger partial charge in [-0.05, 0) is 17.7 Å². The van der Waals surface area contributed by atoms with Gasteiger partial charge in [-0.1, -0.05) is 12.1 Å². The summed E-state index contributed by atoms with van der Waals surface area (Å²) in [7, 11) is -1.55. The molecule has 1 aliphatic rings. The molecule has 11 nitrogen and oxygen atoms in total. The zero-order valence-corrected chi connectivity index (χ0v) is 18.4. The largest absolute Gasteiger partial charge is 0.378 e. The molecule has 2 aromatic heterocycles. The molecule has 13 heteroatoms. The van der Waals surface area contributed by atoms with Gasteiger partial charge in [-0.15, -0.1) is 0 Å². The van der Waals surface area contributed by atoms with Gasteiger partial charge >= 0.3 is 0 Å². The minimum Gasteiger partial charge on any atom is -0.378 e. The highest BCUT2D eigenvalue weighted by Gasteiger charge is 2.17. The summed E-state index contributed by atoms with van der Waals surface area (Å²) in [6, 6.07) is 6.80. The molecule has 0 spiro atoms. The van der Waals surface area contributed by atoms with Crippen molar-refractivity contribution in [1.82, 2.24) is 24.6 Å². The van der Waals surface area contributed by atoms with Crippen LogP contribution in [0, 0.1) is 5.82 Å². The fourth-order valence-electron chi connectivity index (χ4n) is 3.17. The van der Waals surface area contributed by atoms with E-state index in [2.05, 4.69) is 25.7 Å². The zero-order valence-electron chi connectivity index (χ0n) is 17.6. The zero-order chi connectivity index (χ0) is 23.2. The van der Waals surface area contributed by atoms with E-state index in [0.717, 1.165) is 11.8 Å². The summed E-state index contributed by atoms with van der Waals surface area (Å²) in [5.41, 5.74) is 1.40. The van der Waals surface area contributed by atoms with Gasteiger partial charge in [-0.3, -0.25) is 9.48 Å². The number of nitrogens with zero attached hydrogens (tertiary/aromatic N) is 5. The minimum absolute atomic E-state index is 0.0221. The molecule has 0 aliphatic carbocycles. The van der Waals surface area contributed by atoms with Gasteiger partial charge in [-0.25, -0.2) is 18.7 Å². The minimum atomic E-state index is -1.55. The SMILES string of the molecule is NS(=O)c1ccc(CNc2nc(Nc3cnn(CC(=O)N4CCOCC4)c3)ncc2F)cc1. The Morgan fingerprint density at radius 2 is 1.97 bits per heavy atom. The van der Waals surface area contributed by atoms with Crippen LogP contribution in [0.2, 0.25) is 0 Å². The van der Waals surface area contributed by atoms with Gasteiger partial charge < -0.3 is 20.3 Å². The van der Waals surface area contributed by atoms with Crippen molar-refractivity contribution in [3.05, 3.63) is 54.2 Å². The van der Waals surface area contributed by atoms with Crippen molar-refractivity contribution >= 4 is 34.3 Å². The van der Waals surface area contributed by atoms with E-state index in [4.69, 9.17) is 9.88 Å². The van der Waals surface area contributed by atoms with Gasteiger partial charge in [0.15, 0.2) is 11.6 Å². The molecule has 1 aliphatic heterocycles. The number of nitrogens with two attached hydrogens (primary N) is 1. The Bertz CT molecular complexity index is 1130. The number of halogens is 1. The maximum Gasteiger partial charge on any atom is 0.244 e. The Kier molecular flexibility index (Phi) is 7.22. The lowest BCUT2D eigenvalue weighted by molar-refractivity contribution is -0.136. The number of aromatic nitrogens is 4. The number of carbonyl (C=O) groups is 1. The van der Waals surface area contributed by atoms with Gasteiger partial charge in [0.25, 0.3) is 0 Å². The monoisotopic (exact) mass is 474 g/mol. The summed E-state index contributed by atoms with van der Waals surface area (Å²) < 4.78 is 32.2. The van der Waals surface area contributed by atoms with Gasteiger partial charge in [0.2, 0.25) is 11.9 Å². The van der Waals surface area contributed by atoms with E-state index in [1.54, 1.807) is 35.4 Å². The van der Waals surface area contributed by atoms with Crippen LogP contribution in [0.1, 0.15) is 5.56 Å². The third-order valence-electron chi connectivity index (χ3n) is 4.91. The van der Waals surface area contributed by atoms with Crippen LogP contribution in [0.25, 0.3) is 0 Å². The summed E-state index contributed by atoms with van der Waals surface area (Å²) in [5, 5.41) is 15.4. The highest BCUT2D eigenvalue weighted by Crippen LogP contribution is 2.17. The number of morpholine rings is 1. The Morgan fingerprint density at radius 3 is 2.70 bits per heavy atom. The molecule has 1 saturated heterocycles. The van der Waals surface area contributed by atoms with Crippen LogP contribution in [0.4, 0.5) is 21.8 Å². The number of anilines is 3. The second-order valence-electron chi connectivity index (χ2n) is 7.23. The highest BCUT2D eigenvalue weighted by atomic mass is 32.2. The van der Waals surface area contributed by atoms with Crippen molar-refractivity contribution in [3.8, 4) is 0 Å². The third-order valence-corrected chi connectivity index (χ3v) is 5.65. The molecular formula is C20H23FN8O3S. The molecule has 0 bridgehead atoms. The number of carbonyl (C=O) groups excluding carboxylic acids is 1. The van der Waals surface area contributed by atoms with Crippen LogP contribution in [0.5, 0.6) is 0 Å². The van der Waals surface area contributed by atoms with Crippen molar-refractivity contribution in [2.75, 3.05) is 36.9 Å². The predicted octanol–water partition coefficient (Wildman–Crippen LogP) is 1.01. The average Bonchev–Trinajstić information content (AvgIpc) is 3.26. The van der Waals surface area contributed by atoms with Gasteiger partial charge in [0.1, 0.15) is 17.5 Å². The number of nitrogens with one attached hydrogen (secondary N) is 2. The van der Waals surface area contributed by atoms with Crippen LogP contribution in [-0.4, -0.2) is 61.1 Å². The van der Waals surface area contributed by atoms with Crippen LogP contribution < -0.4 is 15.8 Å². The van der Waals surface area contributed by atoms with Gasteiger partial charge in [0.05, 0.1) is 36.2 Å². The number of amides is 1. The average molecular weight is 475 g/mol. The molecule has 1 atom stereocenters. The lowest BCUT2D eigenvalue weighted by atomic mass is 10.2. The number of hydrogen-bond acceptors (Lipinski definition) is 8. The topological polar surface area (TPSA) is 140 Å². The first-order chi connectivity index (χ1) is 16.0. The molecule has 0 radical (unpaired) electrons. The molecule has 1 amide bonds. The lowest BCUT2D eigenvalue weighted by Crippen LogP contribution is -2.42. The summed E-state index contributed by atoms with van der Waals surface area (Å²) in [5.74, 6) is -0.448. The van der Waals surface area contributed by atoms with Crippen molar-refractivity contribution < 1.29 is 18.1 Å². The first-order valence-electron chi connectivity index (χ1n) is 10.1. The summed E-state index contributed by atoms with van der Waals surface area (Å²) in [4.78, 5) is 22.7. The van der Waals surface area contributed by atoms with Crippen molar-refractivity contribution in [3.63, 3.8) is 0 Å². The number of benzene rings is 1. The van der Waals surface area contributed by atoms with E-state index in [1.165, 1.54) is 10.9 Å². The van der Waals surface area contributed by atoms with Gasteiger partial charge in [0, 0.05) is 25.8 Å². The molecule has 174 valence electrons. The molecule has 0 saturated carbocycles. The maximum atomic E-state index is 14.2. The molecule has 1 aromatic carbocycles. The quantitative estimate of drug-likeness (QED) is 0.439. The second kappa shape index (κ2) is 10.5. The van der Waals surface area contributed by atoms with E-state index < -0.39 is 16.8 Å². The van der Waals surface area contributed by atoms with Gasteiger partial charge in [-0.2, -0.15) is 10.1 Å². The highest BCUT2D eigenvalue weighted by molar-refractivity contribution is 7.82. The summed E-state index contributed by atoms with van der Waals surface area (Å²) in [6.07, 6.45) is 4.25. The summed E-state index contributed by atoms with van der Waals surface area (Å²) in [6.45, 7) is 2.62. The van der Waals surface area contributed by atoms with E-state index in [-0.39, 0.29) is 24.2 Å². The molecule has 1 unspecified atom stereocenters. The molecule has 4 rings (SSSR count). The summed E-state index contributed by atoms with van der Waals surface area (Å²) >= 11 is 0. The van der Waals surface area contributed by atoms with Crippen LogP contribution in [0.3, 0.4) is 0 Å². The Balaban J connectivity index is 1.35.